The molecule has 1 amide bonds. The normalized spacial score (nSPS) is 27.7. The van der Waals surface area contributed by atoms with Crippen LogP contribution in [-0.4, -0.2) is 44.3 Å². The van der Waals surface area contributed by atoms with Gasteiger partial charge < -0.3 is 21.1 Å². The van der Waals surface area contributed by atoms with Crippen LogP contribution >= 0.6 is 0 Å². The van der Waals surface area contributed by atoms with E-state index in [2.05, 4.69) is 10.6 Å². The predicted octanol–water partition coefficient (Wildman–Crippen LogP) is -0.00140. The summed E-state index contributed by atoms with van der Waals surface area (Å²) < 4.78 is 5.46. The standard InChI is InChI=1S/C13H25N3O2/c14-8-11(10-4-2-1-3-5-10)16-13(17)12-9-15-6-7-18-12/h10-12,15H,1-9,14H2,(H,16,17). The van der Waals surface area contributed by atoms with Gasteiger partial charge in [-0.2, -0.15) is 0 Å². The van der Waals surface area contributed by atoms with Crippen molar-refractivity contribution >= 4 is 5.91 Å². The van der Waals surface area contributed by atoms with Gasteiger partial charge in [-0.1, -0.05) is 19.3 Å². The number of ether oxygens (including phenoxy) is 1. The number of hydrogen-bond donors (Lipinski definition) is 3. The van der Waals surface area contributed by atoms with E-state index in [4.69, 9.17) is 10.5 Å². The zero-order chi connectivity index (χ0) is 12.8. The smallest absolute Gasteiger partial charge is 0.250 e. The van der Waals surface area contributed by atoms with Gasteiger partial charge in [-0.3, -0.25) is 4.79 Å². The van der Waals surface area contributed by atoms with Crippen LogP contribution < -0.4 is 16.4 Å². The minimum absolute atomic E-state index is 0.0109. The van der Waals surface area contributed by atoms with Crippen LogP contribution in [0.4, 0.5) is 0 Å². The van der Waals surface area contributed by atoms with Gasteiger partial charge in [-0.25, -0.2) is 0 Å². The number of morpholine rings is 1. The third-order valence-corrected chi connectivity index (χ3v) is 4.02. The monoisotopic (exact) mass is 255 g/mol. The Morgan fingerprint density at radius 1 is 1.39 bits per heavy atom. The second kappa shape index (κ2) is 7.07. The minimum Gasteiger partial charge on any atom is -0.366 e. The fourth-order valence-corrected chi connectivity index (χ4v) is 2.92. The summed E-state index contributed by atoms with van der Waals surface area (Å²) in [5.41, 5.74) is 5.81. The Bertz CT molecular complexity index is 261. The zero-order valence-corrected chi connectivity index (χ0v) is 11.0. The number of nitrogens with two attached hydrogens (primary N) is 1. The Hall–Kier alpha value is -0.650. The van der Waals surface area contributed by atoms with Crippen molar-refractivity contribution in [2.45, 2.75) is 44.2 Å². The lowest BCUT2D eigenvalue weighted by molar-refractivity contribution is -0.135. The molecule has 1 heterocycles. The Balaban J connectivity index is 1.82. The van der Waals surface area contributed by atoms with Gasteiger partial charge in [0.2, 0.25) is 0 Å². The summed E-state index contributed by atoms with van der Waals surface area (Å²) in [6.07, 6.45) is 5.86. The van der Waals surface area contributed by atoms with E-state index >= 15 is 0 Å². The van der Waals surface area contributed by atoms with Gasteiger partial charge in [0.05, 0.1) is 6.61 Å². The lowest BCUT2D eigenvalue weighted by atomic mass is 9.84. The van der Waals surface area contributed by atoms with E-state index < -0.39 is 0 Å². The fraction of sp³-hybridized carbons (Fsp3) is 0.923. The van der Waals surface area contributed by atoms with Gasteiger partial charge in [-0.05, 0) is 18.8 Å². The molecule has 5 nitrogen and oxygen atoms in total. The van der Waals surface area contributed by atoms with Crippen LogP contribution in [0.1, 0.15) is 32.1 Å². The lowest BCUT2D eigenvalue weighted by Crippen LogP contribution is -2.53. The van der Waals surface area contributed by atoms with Crippen LogP contribution in [0.25, 0.3) is 0 Å². The van der Waals surface area contributed by atoms with Crippen molar-refractivity contribution in [1.82, 2.24) is 10.6 Å². The first-order valence-corrected chi connectivity index (χ1v) is 7.14. The van der Waals surface area contributed by atoms with Gasteiger partial charge in [0, 0.05) is 25.7 Å². The molecule has 104 valence electrons. The number of carbonyl (C=O) groups is 1. The van der Waals surface area contributed by atoms with Crippen molar-refractivity contribution < 1.29 is 9.53 Å². The third kappa shape index (κ3) is 3.67. The van der Waals surface area contributed by atoms with Crippen LogP contribution in [0.5, 0.6) is 0 Å². The van der Waals surface area contributed by atoms with E-state index in [0.717, 1.165) is 6.54 Å². The SMILES string of the molecule is NCC(NC(=O)C1CNCCO1)C1CCCCC1. The molecule has 2 aliphatic rings. The molecule has 0 radical (unpaired) electrons. The summed E-state index contributed by atoms with van der Waals surface area (Å²) in [6.45, 7) is 2.56. The molecule has 0 aromatic carbocycles. The summed E-state index contributed by atoms with van der Waals surface area (Å²) in [5, 5.41) is 6.25. The summed E-state index contributed by atoms with van der Waals surface area (Å²) in [7, 11) is 0. The van der Waals surface area contributed by atoms with Gasteiger partial charge >= 0.3 is 0 Å². The van der Waals surface area contributed by atoms with Crippen LogP contribution in [0.15, 0.2) is 0 Å². The quantitative estimate of drug-likeness (QED) is 0.661. The Morgan fingerprint density at radius 3 is 2.78 bits per heavy atom. The van der Waals surface area contributed by atoms with E-state index in [0.29, 0.717) is 25.6 Å². The van der Waals surface area contributed by atoms with Crippen molar-refractivity contribution in [2.24, 2.45) is 11.7 Å². The summed E-state index contributed by atoms with van der Waals surface area (Å²) in [4.78, 5) is 12.1. The predicted molar refractivity (Wildman–Crippen MR) is 70.2 cm³/mol. The molecule has 1 saturated heterocycles. The van der Waals surface area contributed by atoms with Crippen LogP contribution in [0, 0.1) is 5.92 Å². The van der Waals surface area contributed by atoms with E-state index in [1.54, 1.807) is 0 Å². The minimum atomic E-state index is -0.351. The van der Waals surface area contributed by atoms with E-state index in [-0.39, 0.29) is 18.1 Å². The van der Waals surface area contributed by atoms with Gasteiger partial charge in [0.1, 0.15) is 6.10 Å². The van der Waals surface area contributed by atoms with Crippen molar-refractivity contribution in [3.05, 3.63) is 0 Å². The first kappa shape index (κ1) is 13.8. The highest BCUT2D eigenvalue weighted by Crippen LogP contribution is 2.26. The maximum atomic E-state index is 12.1. The second-order valence-corrected chi connectivity index (χ2v) is 5.31. The highest BCUT2D eigenvalue weighted by molar-refractivity contribution is 5.81. The average molecular weight is 255 g/mol. The molecule has 5 heteroatoms. The van der Waals surface area contributed by atoms with Crippen LogP contribution in [0.2, 0.25) is 0 Å². The highest BCUT2D eigenvalue weighted by atomic mass is 16.5. The van der Waals surface area contributed by atoms with Gasteiger partial charge in [0.25, 0.3) is 5.91 Å². The van der Waals surface area contributed by atoms with Crippen LogP contribution in [0.3, 0.4) is 0 Å². The summed E-state index contributed by atoms with van der Waals surface area (Å²) >= 11 is 0. The number of carbonyl (C=O) groups excluding carboxylic acids is 1. The first-order valence-electron chi connectivity index (χ1n) is 7.14. The highest BCUT2D eigenvalue weighted by Gasteiger charge is 2.28. The summed E-state index contributed by atoms with van der Waals surface area (Å²) in [6, 6.07) is 0.114. The topological polar surface area (TPSA) is 76.4 Å². The number of rotatable bonds is 4. The van der Waals surface area contributed by atoms with E-state index in [9.17, 15) is 4.79 Å². The molecule has 2 unspecified atom stereocenters. The molecule has 18 heavy (non-hydrogen) atoms. The molecule has 1 saturated carbocycles. The molecule has 0 spiro atoms. The molecule has 1 aliphatic carbocycles. The summed E-state index contributed by atoms with van der Waals surface area (Å²) in [5.74, 6) is 0.535. The largest absolute Gasteiger partial charge is 0.366 e. The molecular formula is C13H25N3O2. The first-order chi connectivity index (χ1) is 8.81. The van der Waals surface area contributed by atoms with Crippen LogP contribution in [-0.2, 0) is 9.53 Å². The maximum absolute atomic E-state index is 12.1. The fourth-order valence-electron chi connectivity index (χ4n) is 2.92. The molecule has 2 fully saturated rings. The number of nitrogens with one attached hydrogen (secondary N) is 2. The second-order valence-electron chi connectivity index (χ2n) is 5.31. The molecule has 0 aromatic heterocycles. The Morgan fingerprint density at radius 2 is 2.17 bits per heavy atom. The molecule has 4 N–H and O–H groups in total. The van der Waals surface area contributed by atoms with Crippen molar-refractivity contribution in [1.29, 1.82) is 0 Å². The average Bonchev–Trinajstić information content (AvgIpc) is 2.46. The third-order valence-electron chi connectivity index (χ3n) is 4.02. The Labute approximate surface area is 109 Å². The number of hydrogen-bond acceptors (Lipinski definition) is 4. The molecule has 0 bridgehead atoms. The van der Waals surface area contributed by atoms with E-state index in [1.165, 1.54) is 32.1 Å². The lowest BCUT2D eigenvalue weighted by Gasteiger charge is -2.32. The van der Waals surface area contributed by atoms with Crippen molar-refractivity contribution in [2.75, 3.05) is 26.2 Å². The van der Waals surface area contributed by atoms with Gasteiger partial charge in [-0.15, -0.1) is 0 Å². The molecule has 2 rings (SSSR count). The van der Waals surface area contributed by atoms with Gasteiger partial charge in [0.15, 0.2) is 0 Å². The molecule has 2 atom stereocenters. The zero-order valence-electron chi connectivity index (χ0n) is 11.0. The maximum Gasteiger partial charge on any atom is 0.250 e. The van der Waals surface area contributed by atoms with E-state index in [1.807, 2.05) is 0 Å². The number of amides is 1. The Kier molecular flexibility index (Phi) is 5.41. The van der Waals surface area contributed by atoms with Crippen molar-refractivity contribution in [3.8, 4) is 0 Å². The van der Waals surface area contributed by atoms with Crippen molar-refractivity contribution in [3.63, 3.8) is 0 Å². The molecule has 1 aliphatic heterocycles. The molecule has 0 aromatic rings. The molecular weight excluding hydrogens is 230 g/mol.